The van der Waals surface area contributed by atoms with Gasteiger partial charge in [-0.1, -0.05) is 25.1 Å². The van der Waals surface area contributed by atoms with E-state index in [1.807, 2.05) is 37.3 Å². The lowest BCUT2D eigenvalue weighted by Gasteiger charge is -2.09. The summed E-state index contributed by atoms with van der Waals surface area (Å²) in [6.45, 7) is 2.45. The smallest absolute Gasteiger partial charge is 0.165 e. The van der Waals surface area contributed by atoms with Crippen LogP contribution in [0, 0.1) is 5.92 Å². The minimum absolute atomic E-state index is 0.0267. The predicted molar refractivity (Wildman–Crippen MR) is 68.9 cm³/mol. The molecule has 1 atom stereocenters. The summed E-state index contributed by atoms with van der Waals surface area (Å²) in [5.41, 5.74) is 7.05. The molecule has 3 heteroatoms. The number of Topliss-reactive ketones (excluding diaryl/α,β-unsaturated/α-hetero) is 1. The van der Waals surface area contributed by atoms with Gasteiger partial charge in [-0.15, -0.1) is 0 Å². The number of carbonyl (C=O) groups excluding carboxylic acids is 1. The highest BCUT2D eigenvalue weighted by Gasteiger charge is 2.14. The van der Waals surface area contributed by atoms with Crippen LogP contribution in [0.3, 0.4) is 0 Å². The molecule has 3 nitrogen and oxygen atoms in total. The van der Waals surface area contributed by atoms with E-state index in [1.54, 1.807) is 6.20 Å². The Labute approximate surface area is 101 Å². The molecular weight excluding hydrogens is 212 g/mol. The maximum atomic E-state index is 12.1. The summed E-state index contributed by atoms with van der Waals surface area (Å²) >= 11 is 0. The van der Waals surface area contributed by atoms with E-state index in [1.165, 1.54) is 0 Å². The Morgan fingerprint density at radius 2 is 2.24 bits per heavy atom. The van der Waals surface area contributed by atoms with E-state index in [-0.39, 0.29) is 11.7 Å². The number of pyridine rings is 1. The Bertz CT molecular complexity index is 536. The average molecular weight is 228 g/mol. The predicted octanol–water partition coefficient (Wildman–Crippen LogP) is 2.40. The summed E-state index contributed by atoms with van der Waals surface area (Å²) in [5, 5.41) is 1.05. The SMILES string of the molecule is CC(CCN)C(=O)c1ccc2cccnc2c1. The zero-order valence-electron chi connectivity index (χ0n) is 9.89. The highest BCUT2D eigenvalue weighted by Crippen LogP contribution is 2.17. The number of benzene rings is 1. The molecule has 1 heterocycles. The van der Waals surface area contributed by atoms with Gasteiger partial charge in [0.15, 0.2) is 5.78 Å². The van der Waals surface area contributed by atoms with Crippen molar-refractivity contribution in [1.29, 1.82) is 0 Å². The van der Waals surface area contributed by atoms with Crippen LogP contribution in [-0.2, 0) is 0 Å². The lowest BCUT2D eigenvalue weighted by atomic mass is 9.96. The molecule has 2 aromatic rings. The minimum Gasteiger partial charge on any atom is -0.330 e. The molecule has 2 rings (SSSR count). The number of aromatic nitrogens is 1. The molecule has 0 saturated heterocycles. The summed E-state index contributed by atoms with van der Waals surface area (Å²) in [4.78, 5) is 16.3. The second-order valence-corrected chi connectivity index (χ2v) is 4.25. The highest BCUT2D eigenvalue weighted by molar-refractivity contribution is 6.00. The summed E-state index contributed by atoms with van der Waals surface area (Å²) < 4.78 is 0. The quantitative estimate of drug-likeness (QED) is 0.817. The van der Waals surface area contributed by atoms with Crippen LogP contribution in [0.1, 0.15) is 23.7 Å². The van der Waals surface area contributed by atoms with Crippen LogP contribution in [0.15, 0.2) is 36.5 Å². The molecule has 0 radical (unpaired) electrons. The maximum absolute atomic E-state index is 12.1. The first-order valence-corrected chi connectivity index (χ1v) is 5.81. The molecule has 0 aliphatic rings. The number of carbonyl (C=O) groups is 1. The standard InChI is InChI=1S/C14H16N2O/c1-10(6-7-15)14(17)12-5-4-11-3-2-8-16-13(11)9-12/h2-5,8-10H,6-7,15H2,1H3. The molecule has 2 N–H and O–H groups in total. The van der Waals surface area contributed by atoms with Gasteiger partial charge in [-0.2, -0.15) is 0 Å². The molecule has 0 amide bonds. The fourth-order valence-electron chi connectivity index (χ4n) is 1.89. The molecule has 17 heavy (non-hydrogen) atoms. The molecule has 0 aliphatic carbocycles. The third-order valence-corrected chi connectivity index (χ3v) is 2.94. The number of hydrogen-bond acceptors (Lipinski definition) is 3. The van der Waals surface area contributed by atoms with Crippen molar-refractivity contribution in [2.75, 3.05) is 6.54 Å². The Hall–Kier alpha value is -1.74. The molecule has 0 aliphatic heterocycles. The van der Waals surface area contributed by atoms with Crippen molar-refractivity contribution in [3.8, 4) is 0 Å². The molecule has 88 valence electrons. The second kappa shape index (κ2) is 5.06. The molecule has 0 fully saturated rings. The van der Waals surface area contributed by atoms with E-state index < -0.39 is 0 Å². The Kier molecular flexibility index (Phi) is 3.49. The van der Waals surface area contributed by atoms with E-state index >= 15 is 0 Å². The first-order valence-electron chi connectivity index (χ1n) is 5.81. The molecular formula is C14H16N2O. The van der Waals surface area contributed by atoms with Crippen LogP contribution in [0.25, 0.3) is 10.9 Å². The maximum Gasteiger partial charge on any atom is 0.165 e. The van der Waals surface area contributed by atoms with E-state index in [4.69, 9.17) is 5.73 Å². The van der Waals surface area contributed by atoms with Gasteiger partial charge in [0.25, 0.3) is 0 Å². The summed E-state index contributed by atoms with van der Waals surface area (Å²) in [7, 11) is 0. The minimum atomic E-state index is -0.0267. The van der Waals surface area contributed by atoms with Gasteiger partial charge >= 0.3 is 0 Å². The van der Waals surface area contributed by atoms with Crippen LogP contribution in [0.2, 0.25) is 0 Å². The van der Waals surface area contributed by atoms with Gasteiger partial charge < -0.3 is 5.73 Å². The first-order chi connectivity index (χ1) is 8.22. The van der Waals surface area contributed by atoms with Crippen LogP contribution < -0.4 is 5.73 Å². The zero-order chi connectivity index (χ0) is 12.3. The molecule has 1 aromatic heterocycles. The van der Waals surface area contributed by atoms with Crippen LogP contribution in [-0.4, -0.2) is 17.3 Å². The number of fused-ring (bicyclic) bond motifs is 1. The van der Waals surface area contributed by atoms with E-state index in [0.717, 1.165) is 22.9 Å². The first kappa shape index (κ1) is 11.7. The van der Waals surface area contributed by atoms with Gasteiger partial charge in [-0.3, -0.25) is 9.78 Å². The lowest BCUT2D eigenvalue weighted by molar-refractivity contribution is 0.0925. The monoisotopic (exact) mass is 228 g/mol. The van der Waals surface area contributed by atoms with Crippen molar-refractivity contribution in [1.82, 2.24) is 4.98 Å². The largest absolute Gasteiger partial charge is 0.330 e. The average Bonchev–Trinajstić information content (AvgIpc) is 2.37. The summed E-state index contributed by atoms with van der Waals surface area (Å²) in [6, 6.07) is 9.52. The Morgan fingerprint density at radius 1 is 1.41 bits per heavy atom. The number of nitrogens with two attached hydrogens (primary N) is 1. The number of ketones is 1. The van der Waals surface area contributed by atoms with Crippen molar-refractivity contribution < 1.29 is 4.79 Å². The van der Waals surface area contributed by atoms with Gasteiger partial charge in [-0.05, 0) is 25.1 Å². The van der Waals surface area contributed by atoms with Crippen molar-refractivity contribution in [3.63, 3.8) is 0 Å². The van der Waals surface area contributed by atoms with E-state index in [9.17, 15) is 4.79 Å². The van der Waals surface area contributed by atoms with Crippen molar-refractivity contribution in [2.45, 2.75) is 13.3 Å². The van der Waals surface area contributed by atoms with Gasteiger partial charge in [0, 0.05) is 23.1 Å². The third kappa shape index (κ3) is 2.50. The topological polar surface area (TPSA) is 56.0 Å². The summed E-state index contributed by atoms with van der Waals surface area (Å²) in [5.74, 6) is 0.115. The van der Waals surface area contributed by atoms with Crippen LogP contribution >= 0.6 is 0 Å². The fraction of sp³-hybridized carbons (Fsp3) is 0.286. The Morgan fingerprint density at radius 3 is 3.00 bits per heavy atom. The van der Waals surface area contributed by atoms with Gasteiger partial charge in [0.2, 0.25) is 0 Å². The second-order valence-electron chi connectivity index (χ2n) is 4.25. The van der Waals surface area contributed by atoms with Gasteiger partial charge in [0.1, 0.15) is 0 Å². The van der Waals surface area contributed by atoms with E-state index in [0.29, 0.717) is 6.54 Å². The van der Waals surface area contributed by atoms with Gasteiger partial charge in [0.05, 0.1) is 5.52 Å². The Balaban J connectivity index is 2.33. The fourth-order valence-corrected chi connectivity index (χ4v) is 1.89. The number of hydrogen-bond donors (Lipinski definition) is 1. The molecule has 1 aromatic carbocycles. The lowest BCUT2D eigenvalue weighted by Crippen LogP contribution is -2.15. The summed E-state index contributed by atoms with van der Waals surface area (Å²) in [6.07, 6.45) is 2.46. The van der Waals surface area contributed by atoms with Crippen molar-refractivity contribution in [2.24, 2.45) is 11.7 Å². The van der Waals surface area contributed by atoms with Crippen LogP contribution in [0.4, 0.5) is 0 Å². The number of nitrogens with zero attached hydrogens (tertiary/aromatic N) is 1. The molecule has 1 unspecified atom stereocenters. The molecule has 0 spiro atoms. The highest BCUT2D eigenvalue weighted by atomic mass is 16.1. The van der Waals surface area contributed by atoms with Crippen LogP contribution in [0.5, 0.6) is 0 Å². The number of rotatable bonds is 4. The van der Waals surface area contributed by atoms with Crippen molar-refractivity contribution in [3.05, 3.63) is 42.1 Å². The normalized spacial score (nSPS) is 12.6. The third-order valence-electron chi connectivity index (χ3n) is 2.94. The molecule has 0 saturated carbocycles. The van der Waals surface area contributed by atoms with Gasteiger partial charge in [-0.25, -0.2) is 0 Å². The molecule has 0 bridgehead atoms. The zero-order valence-corrected chi connectivity index (χ0v) is 9.89. The van der Waals surface area contributed by atoms with Crippen molar-refractivity contribution >= 4 is 16.7 Å². The van der Waals surface area contributed by atoms with E-state index in [2.05, 4.69) is 4.98 Å².